The molecule has 3 rings (SSSR count). The van der Waals surface area contributed by atoms with Crippen LogP contribution in [-0.2, 0) is 19.1 Å². The van der Waals surface area contributed by atoms with Gasteiger partial charge in [-0.1, -0.05) is 11.6 Å². The van der Waals surface area contributed by atoms with Crippen molar-refractivity contribution in [1.29, 1.82) is 0 Å². The van der Waals surface area contributed by atoms with Crippen molar-refractivity contribution < 1.29 is 41.9 Å². The molecule has 1 aromatic rings. The van der Waals surface area contributed by atoms with E-state index in [-0.39, 0.29) is 34.6 Å². The van der Waals surface area contributed by atoms with Gasteiger partial charge in [0.25, 0.3) is 11.8 Å². The van der Waals surface area contributed by atoms with Crippen LogP contribution in [0.3, 0.4) is 0 Å². The number of Topliss-reactive ketones (excluding diaryl/α,β-unsaturated/α-hetero) is 1. The van der Waals surface area contributed by atoms with E-state index in [9.17, 15) is 37.1 Å². The molecule has 0 radical (unpaired) electrons. The molecule has 1 aromatic carbocycles. The van der Waals surface area contributed by atoms with E-state index in [0.717, 1.165) is 25.0 Å². The molecule has 4 amide bonds. The number of benzene rings is 1. The number of rotatable bonds is 9. The molecule has 35 heavy (non-hydrogen) atoms. The zero-order valence-electron chi connectivity index (χ0n) is 18.2. The average molecular weight is 519 g/mol. The largest absolute Gasteiger partial charge is 0.440 e. The molecule has 1 aliphatic carbocycles. The molecule has 2 atom stereocenters. The topological polar surface area (TPSA) is 143 Å². The molecular formula is C21H22ClF3N4O6. The summed E-state index contributed by atoms with van der Waals surface area (Å²) in [6.45, 7) is -1.46. The Bertz CT molecular complexity index is 1030. The molecule has 10 nitrogen and oxygen atoms in total. The van der Waals surface area contributed by atoms with E-state index in [0.29, 0.717) is 13.0 Å². The van der Waals surface area contributed by atoms with Crippen LogP contribution in [0, 0.1) is 5.92 Å². The fourth-order valence-corrected chi connectivity index (χ4v) is 3.54. The van der Waals surface area contributed by atoms with Crippen molar-refractivity contribution in [2.75, 3.05) is 18.5 Å². The molecule has 0 spiro atoms. The first-order valence-corrected chi connectivity index (χ1v) is 11.0. The number of carbonyl (C=O) groups excluding carboxylic acids is 5. The van der Waals surface area contributed by atoms with Gasteiger partial charge in [-0.05, 0) is 43.9 Å². The SMILES string of the molecule is O=C(Nc1ccc(Cl)cc1C(=O)N[C@@H](C[C@@H]1CCNC1=O)C(=O)C(=O)NC1CC1)OCC(F)(F)F. The number of halogens is 4. The number of ketones is 1. The number of amides is 4. The number of hydrogen-bond donors (Lipinski definition) is 4. The van der Waals surface area contributed by atoms with Crippen LogP contribution in [-0.4, -0.2) is 61.0 Å². The highest BCUT2D eigenvalue weighted by Crippen LogP contribution is 2.24. The molecule has 14 heteroatoms. The molecule has 2 fully saturated rings. The number of nitrogens with one attached hydrogen (secondary N) is 4. The summed E-state index contributed by atoms with van der Waals surface area (Å²) >= 11 is 5.93. The summed E-state index contributed by atoms with van der Waals surface area (Å²) in [4.78, 5) is 61.9. The van der Waals surface area contributed by atoms with Gasteiger partial charge >= 0.3 is 12.3 Å². The van der Waals surface area contributed by atoms with Crippen LogP contribution in [0.15, 0.2) is 18.2 Å². The lowest BCUT2D eigenvalue weighted by Crippen LogP contribution is -2.49. The zero-order chi connectivity index (χ0) is 25.8. The lowest BCUT2D eigenvalue weighted by molar-refractivity contribution is -0.159. The van der Waals surface area contributed by atoms with Crippen LogP contribution in [0.4, 0.5) is 23.7 Å². The fraction of sp³-hybridized carbons (Fsp3) is 0.476. The monoisotopic (exact) mass is 518 g/mol. The molecule has 1 aliphatic heterocycles. The third kappa shape index (κ3) is 7.84. The number of ether oxygens (including phenoxy) is 1. The van der Waals surface area contributed by atoms with Crippen LogP contribution in [0.25, 0.3) is 0 Å². The van der Waals surface area contributed by atoms with Crippen molar-refractivity contribution in [3.05, 3.63) is 28.8 Å². The Morgan fingerprint density at radius 2 is 1.89 bits per heavy atom. The number of alkyl halides is 3. The van der Waals surface area contributed by atoms with E-state index >= 15 is 0 Å². The Balaban J connectivity index is 1.76. The first-order valence-electron chi connectivity index (χ1n) is 10.7. The van der Waals surface area contributed by atoms with Crippen molar-refractivity contribution in [3.8, 4) is 0 Å². The number of hydrogen-bond acceptors (Lipinski definition) is 6. The second-order valence-corrected chi connectivity index (χ2v) is 8.59. The normalized spacial score (nSPS) is 18.3. The van der Waals surface area contributed by atoms with Gasteiger partial charge in [0.15, 0.2) is 6.61 Å². The van der Waals surface area contributed by atoms with Crippen LogP contribution < -0.4 is 21.3 Å². The first kappa shape index (κ1) is 26.3. The highest BCUT2D eigenvalue weighted by molar-refractivity contribution is 6.38. The molecule has 2 aliphatic rings. The summed E-state index contributed by atoms with van der Waals surface area (Å²) in [5.41, 5.74) is -0.538. The van der Waals surface area contributed by atoms with Gasteiger partial charge in [-0.15, -0.1) is 0 Å². The third-order valence-corrected chi connectivity index (χ3v) is 5.51. The first-order chi connectivity index (χ1) is 16.4. The molecule has 190 valence electrons. The standard InChI is InChI=1S/C21H22ClF3N4O6/c22-11-1-4-14(29-20(34)35-9-21(23,24)25)13(8-11)18(32)28-15(7-10-5-6-26-17(10)31)16(30)19(33)27-12-2-3-12/h1,4,8,10,12,15H,2-3,5-7,9H2,(H,26,31)(H,27,33)(H,28,32)(H,29,34)/t10-,15-/m0/s1. The lowest BCUT2D eigenvalue weighted by Gasteiger charge is -2.20. The van der Waals surface area contributed by atoms with Crippen molar-refractivity contribution in [1.82, 2.24) is 16.0 Å². The fourth-order valence-electron chi connectivity index (χ4n) is 3.37. The van der Waals surface area contributed by atoms with Crippen molar-refractivity contribution in [3.63, 3.8) is 0 Å². The minimum Gasteiger partial charge on any atom is -0.440 e. The molecule has 1 saturated heterocycles. The van der Waals surface area contributed by atoms with Crippen LogP contribution >= 0.6 is 11.6 Å². The second-order valence-electron chi connectivity index (χ2n) is 8.16. The predicted octanol–water partition coefficient (Wildman–Crippen LogP) is 1.92. The molecule has 1 heterocycles. The van der Waals surface area contributed by atoms with Gasteiger partial charge in [0.2, 0.25) is 11.7 Å². The van der Waals surface area contributed by atoms with Gasteiger partial charge in [-0.3, -0.25) is 24.5 Å². The Morgan fingerprint density at radius 1 is 1.17 bits per heavy atom. The van der Waals surface area contributed by atoms with Crippen LogP contribution in [0.1, 0.15) is 36.0 Å². The molecular weight excluding hydrogens is 497 g/mol. The van der Waals surface area contributed by atoms with E-state index in [1.807, 2.05) is 5.32 Å². The van der Waals surface area contributed by atoms with E-state index in [4.69, 9.17) is 11.6 Å². The second kappa shape index (κ2) is 10.9. The molecule has 4 N–H and O–H groups in total. The Morgan fingerprint density at radius 3 is 2.49 bits per heavy atom. The van der Waals surface area contributed by atoms with Gasteiger partial charge < -0.3 is 20.7 Å². The number of carbonyl (C=O) groups is 5. The summed E-state index contributed by atoms with van der Waals surface area (Å²) in [7, 11) is 0. The summed E-state index contributed by atoms with van der Waals surface area (Å²) in [5.74, 6) is -3.75. The van der Waals surface area contributed by atoms with Crippen molar-refractivity contribution in [2.45, 2.75) is 43.9 Å². The summed E-state index contributed by atoms with van der Waals surface area (Å²) in [5, 5.41) is 9.60. The Hall–Kier alpha value is -3.35. The van der Waals surface area contributed by atoms with E-state index < -0.39 is 48.4 Å². The molecule has 0 aromatic heterocycles. The Labute approximate surface area is 202 Å². The van der Waals surface area contributed by atoms with E-state index in [1.165, 1.54) is 6.07 Å². The maximum Gasteiger partial charge on any atom is 0.422 e. The van der Waals surface area contributed by atoms with Gasteiger partial charge in [0.1, 0.15) is 0 Å². The van der Waals surface area contributed by atoms with Crippen LogP contribution in [0.5, 0.6) is 0 Å². The highest BCUT2D eigenvalue weighted by Gasteiger charge is 2.36. The summed E-state index contributed by atoms with van der Waals surface area (Å²) < 4.78 is 41.0. The van der Waals surface area contributed by atoms with Gasteiger partial charge in [-0.25, -0.2) is 4.79 Å². The van der Waals surface area contributed by atoms with E-state index in [2.05, 4.69) is 20.7 Å². The van der Waals surface area contributed by atoms with E-state index in [1.54, 1.807) is 0 Å². The van der Waals surface area contributed by atoms with Crippen molar-refractivity contribution in [2.24, 2.45) is 5.92 Å². The molecule has 0 unspecified atom stereocenters. The number of anilines is 1. The highest BCUT2D eigenvalue weighted by atomic mass is 35.5. The average Bonchev–Trinajstić information content (AvgIpc) is 3.51. The van der Waals surface area contributed by atoms with Crippen molar-refractivity contribution >= 4 is 46.9 Å². The summed E-state index contributed by atoms with van der Waals surface area (Å²) in [6, 6.07) is 2.05. The minimum absolute atomic E-state index is 0.0499. The van der Waals surface area contributed by atoms with Crippen LogP contribution in [0.2, 0.25) is 5.02 Å². The predicted molar refractivity (Wildman–Crippen MR) is 116 cm³/mol. The van der Waals surface area contributed by atoms with Gasteiger partial charge in [0.05, 0.1) is 17.3 Å². The summed E-state index contributed by atoms with van der Waals surface area (Å²) in [6.07, 6.45) is -4.52. The maximum atomic E-state index is 13.0. The third-order valence-electron chi connectivity index (χ3n) is 5.27. The molecule has 1 saturated carbocycles. The smallest absolute Gasteiger partial charge is 0.422 e. The van der Waals surface area contributed by atoms with Gasteiger partial charge in [0, 0.05) is 23.5 Å². The minimum atomic E-state index is -4.75. The quantitative estimate of drug-likeness (QED) is 0.368. The Kier molecular flexibility index (Phi) is 8.20. The zero-order valence-corrected chi connectivity index (χ0v) is 18.9. The molecule has 0 bridgehead atoms. The van der Waals surface area contributed by atoms with Gasteiger partial charge in [-0.2, -0.15) is 13.2 Å². The lowest BCUT2D eigenvalue weighted by atomic mass is 9.95. The maximum absolute atomic E-state index is 13.0.